The summed E-state index contributed by atoms with van der Waals surface area (Å²) in [4.78, 5) is 3.81. The zero-order valence-electron chi connectivity index (χ0n) is 3.88. The fraction of sp³-hybridized carbons (Fsp3) is 0.250. The van der Waals surface area contributed by atoms with Crippen LogP contribution in [0.25, 0.3) is 0 Å². The smallest absolute Gasteiger partial charge is 0 e. The number of hydrogen-bond donors (Lipinski definition) is 0. The molecule has 0 aromatic carbocycles. The molecule has 1 radical (unpaired) electrons. The minimum atomic E-state index is 0. The predicted octanol–water partition coefficient (Wildman–Crippen LogP) is 1.25. The minimum absolute atomic E-state index is 0. The van der Waals surface area contributed by atoms with Gasteiger partial charge in [0.25, 0.3) is 0 Å². The number of nitrogens with zero attached hydrogens (tertiary/aromatic N) is 1. The van der Waals surface area contributed by atoms with Gasteiger partial charge in [0.1, 0.15) is 0 Å². The van der Waals surface area contributed by atoms with Crippen molar-refractivity contribution in [2.45, 2.75) is 6.92 Å². The molecule has 0 unspecified atom stereocenters. The summed E-state index contributed by atoms with van der Waals surface area (Å²) in [5.74, 6) is 0. The molecule has 1 aromatic rings. The van der Waals surface area contributed by atoms with Crippen LogP contribution in [0.4, 0.5) is 0 Å². The maximum atomic E-state index is 3.81. The Hall–Kier alpha value is 0.214. The molecule has 0 saturated carbocycles. The van der Waals surface area contributed by atoms with E-state index in [0.29, 0.717) is 0 Å². The normalized spacial score (nSPS) is 7.57. The van der Waals surface area contributed by atoms with Gasteiger partial charge >= 0.3 is 0 Å². The predicted molar refractivity (Wildman–Crippen MR) is 25.7 cm³/mol. The Labute approximate surface area is 58.7 Å². The zero-order valence-corrected chi connectivity index (χ0v) is 6.09. The SMILES string of the molecule is Cc1n[c-]cs1.[V]. The fourth-order valence-corrected chi connectivity index (χ4v) is 0.637. The Bertz CT molecular complexity index is 115. The van der Waals surface area contributed by atoms with Gasteiger partial charge in [-0.25, -0.2) is 11.3 Å². The monoisotopic (exact) mass is 149 g/mol. The number of hydrogen-bond acceptors (Lipinski definition) is 2. The van der Waals surface area contributed by atoms with Gasteiger partial charge in [0.05, 0.1) is 0 Å². The van der Waals surface area contributed by atoms with Crippen LogP contribution in [0.1, 0.15) is 5.01 Å². The second-order valence-corrected chi connectivity index (χ2v) is 2.06. The Morgan fingerprint density at radius 1 is 1.86 bits per heavy atom. The molecule has 0 atom stereocenters. The summed E-state index contributed by atoms with van der Waals surface area (Å²) in [6, 6.07) is 0. The van der Waals surface area contributed by atoms with Gasteiger partial charge in [-0.1, -0.05) is 17.3 Å². The molecule has 0 saturated heterocycles. The summed E-state index contributed by atoms with van der Waals surface area (Å²) in [5.41, 5.74) is 0. The second kappa shape index (κ2) is 3.25. The first-order valence-electron chi connectivity index (χ1n) is 1.68. The first-order chi connectivity index (χ1) is 2.89. The maximum absolute atomic E-state index is 3.81. The van der Waals surface area contributed by atoms with Crippen LogP contribution in [0.5, 0.6) is 0 Å². The van der Waals surface area contributed by atoms with Gasteiger partial charge in [0.2, 0.25) is 0 Å². The molecular weight excluding hydrogens is 145 g/mol. The molecule has 0 aliphatic carbocycles. The van der Waals surface area contributed by atoms with Crippen LogP contribution in [0.2, 0.25) is 0 Å². The van der Waals surface area contributed by atoms with Crippen molar-refractivity contribution in [1.82, 2.24) is 4.98 Å². The van der Waals surface area contributed by atoms with Crippen LogP contribution >= 0.6 is 11.3 Å². The molecule has 0 amide bonds. The average molecular weight is 149 g/mol. The first-order valence-corrected chi connectivity index (χ1v) is 2.56. The van der Waals surface area contributed by atoms with E-state index in [1.807, 2.05) is 12.3 Å². The van der Waals surface area contributed by atoms with E-state index in [1.165, 1.54) is 0 Å². The van der Waals surface area contributed by atoms with Gasteiger partial charge in [-0.05, 0) is 0 Å². The largest absolute Gasteiger partial charge is 0.446 e. The van der Waals surface area contributed by atoms with Crippen molar-refractivity contribution in [2.24, 2.45) is 0 Å². The molecule has 1 rings (SSSR count). The third-order valence-corrected chi connectivity index (χ3v) is 1.16. The quantitative estimate of drug-likeness (QED) is 0.506. The van der Waals surface area contributed by atoms with Gasteiger partial charge in [-0.3, -0.25) is 0 Å². The Balaban J connectivity index is 0.000000360. The van der Waals surface area contributed by atoms with E-state index in [2.05, 4.69) is 11.2 Å². The van der Waals surface area contributed by atoms with Gasteiger partial charge in [0, 0.05) is 18.6 Å². The van der Waals surface area contributed by atoms with Crippen LogP contribution in [0.3, 0.4) is 0 Å². The van der Waals surface area contributed by atoms with E-state index in [1.54, 1.807) is 11.3 Å². The van der Waals surface area contributed by atoms with Gasteiger partial charge in [0.15, 0.2) is 0 Å². The molecular formula is C4H4NSV-. The van der Waals surface area contributed by atoms with Gasteiger partial charge < -0.3 is 4.98 Å². The van der Waals surface area contributed by atoms with Crippen molar-refractivity contribution in [1.29, 1.82) is 0 Å². The van der Waals surface area contributed by atoms with Crippen molar-refractivity contribution < 1.29 is 18.6 Å². The number of rotatable bonds is 0. The van der Waals surface area contributed by atoms with E-state index in [0.717, 1.165) is 5.01 Å². The van der Waals surface area contributed by atoms with Gasteiger partial charge in [-0.2, -0.15) is 0 Å². The van der Waals surface area contributed by atoms with Crippen molar-refractivity contribution in [2.75, 3.05) is 0 Å². The van der Waals surface area contributed by atoms with E-state index in [-0.39, 0.29) is 18.6 Å². The second-order valence-electron chi connectivity index (χ2n) is 0.996. The van der Waals surface area contributed by atoms with Gasteiger partial charge in [-0.15, -0.1) is 6.20 Å². The summed E-state index contributed by atoms with van der Waals surface area (Å²) in [7, 11) is 0. The van der Waals surface area contributed by atoms with Crippen LogP contribution < -0.4 is 0 Å². The molecule has 1 nitrogen and oxygen atoms in total. The van der Waals surface area contributed by atoms with E-state index >= 15 is 0 Å². The summed E-state index contributed by atoms with van der Waals surface area (Å²) in [5, 5.41) is 2.92. The third-order valence-electron chi connectivity index (χ3n) is 0.504. The van der Waals surface area contributed by atoms with Crippen LogP contribution in [0.15, 0.2) is 5.38 Å². The third kappa shape index (κ3) is 2.12. The van der Waals surface area contributed by atoms with Crippen LogP contribution in [-0.2, 0) is 18.6 Å². The molecule has 1 heterocycles. The van der Waals surface area contributed by atoms with Crippen LogP contribution in [0, 0.1) is 13.1 Å². The Kier molecular flexibility index (Phi) is 3.35. The molecule has 0 N–H and O–H groups in total. The fourth-order valence-electron chi connectivity index (χ4n) is 0.255. The summed E-state index contributed by atoms with van der Waals surface area (Å²) >= 11 is 1.61. The van der Waals surface area contributed by atoms with E-state index < -0.39 is 0 Å². The molecule has 1 aromatic heterocycles. The molecule has 0 bridgehead atoms. The summed E-state index contributed by atoms with van der Waals surface area (Å²) < 4.78 is 0. The number of thiazole rings is 1. The van der Waals surface area contributed by atoms with Crippen molar-refractivity contribution in [3.8, 4) is 0 Å². The van der Waals surface area contributed by atoms with Crippen molar-refractivity contribution in [3.05, 3.63) is 16.6 Å². The molecule has 0 fully saturated rings. The Morgan fingerprint density at radius 3 is 2.71 bits per heavy atom. The average Bonchev–Trinajstić information content (AvgIpc) is 1.86. The standard InChI is InChI=1S/C4H4NS.V/c1-4-5-2-3-6-4;/h3H,1H3;/q-1;. The number of aryl methyl sites for hydroxylation is 1. The zero-order chi connectivity index (χ0) is 4.41. The summed E-state index contributed by atoms with van der Waals surface area (Å²) in [6.45, 7) is 1.96. The topological polar surface area (TPSA) is 12.9 Å². The molecule has 7 heavy (non-hydrogen) atoms. The minimum Gasteiger partial charge on any atom is -0.446 e. The molecule has 0 spiro atoms. The van der Waals surface area contributed by atoms with Crippen molar-refractivity contribution in [3.63, 3.8) is 0 Å². The molecule has 3 heteroatoms. The van der Waals surface area contributed by atoms with E-state index in [4.69, 9.17) is 0 Å². The van der Waals surface area contributed by atoms with Crippen LogP contribution in [-0.4, -0.2) is 4.98 Å². The number of aromatic nitrogens is 1. The Morgan fingerprint density at radius 2 is 2.57 bits per heavy atom. The molecule has 0 aliphatic rings. The molecule has 37 valence electrons. The van der Waals surface area contributed by atoms with E-state index in [9.17, 15) is 0 Å². The maximum Gasteiger partial charge on any atom is 0 e. The first kappa shape index (κ1) is 7.21. The molecule has 0 aliphatic heterocycles. The summed E-state index contributed by atoms with van der Waals surface area (Å²) in [6.07, 6.45) is 2.70. The van der Waals surface area contributed by atoms with Crippen molar-refractivity contribution >= 4 is 11.3 Å².